The zero-order valence-corrected chi connectivity index (χ0v) is 16.2. The van der Waals surface area contributed by atoms with Gasteiger partial charge in [-0.25, -0.2) is 0 Å². The summed E-state index contributed by atoms with van der Waals surface area (Å²) >= 11 is 1.50. The molecule has 0 atom stereocenters. The van der Waals surface area contributed by atoms with Gasteiger partial charge in [-0.1, -0.05) is 13.8 Å². The van der Waals surface area contributed by atoms with Crippen molar-refractivity contribution in [1.82, 2.24) is 0 Å². The average Bonchev–Trinajstić information content (AvgIpc) is 2.42. The van der Waals surface area contributed by atoms with E-state index >= 15 is 0 Å². The van der Waals surface area contributed by atoms with Gasteiger partial charge in [0.2, 0.25) is 0 Å². The summed E-state index contributed by atoms with van der Waals surface area (Å²) in [4.78, 5) is 0. The quantitative estimate of drug-likeness (QED) is 0.323. The van der Waals surface area contributed by atoms with Gasteiger partial charge in [-0.3, -0.25) is 8.37 Å². The highest BCUT2D eigenvalue weighted by Crippen LogP contribution is 2.19. The molecule has 0 aromatic carbocycles. The van der Waals surface area contributed by atoms with E-state index in [9.17, 15) is 16.8 Å². The van der Waals surface area contributed by atoms with E-state index in [1.807, 2.05) is 13.8 Å². The topological polar surface area (TPSA) is 86.7 Å². The van der Waals surface area contributed by atoms with Crippen molar-refractivity contribution in [2.24, 2.45) is 0 Å². The summed E-state index contributed by atoms with van der Waals surface area (Å²) < 4.78 is 54.8. The molecule has 6 nitrogen and oxygen atoms in total. The van der Waals surface area contributed by atoms with Crippen LogP contribution >= 0.6 is 33.3 Å². The highest BCUT2D eigenvalue weighted by molar-refractivity contribution is 8.70. The van der Waals surface area contributed by atoms with Crippen LogP contribution in [0.5, 0.6) is 0 Å². The lowest BCUT2D eigenvalue weighted by atomic mass is 10.5. The van der Waals surface area contributed by atoms with Crippen molar-refractivity contribution in [3.63, 3.8) is 0 Å². The van der Waals surface area contributed by atoms with Crippen LogP contribution in [-0.2, 0) is 26.7 Å². The normalized spacial score (nSPS) is 12.7. The second-order valence-electron chi connectivity index (χ2n) is 3.72. The van der Waals surface area contributed by atoms with Crippen molar-refractivity contribution in [1.29, 1.82) is 0 Å². The van der Waals surface area contributed by atoms with Gasteiger partial charge in [0.05, 0.1) is 13.2 Å². The first-order chi connectivity index (χ1) is 9.83. The van der Waals surface area contributed by atoms with E-state index in [1.54, 1.807) is 0 Å². The Morgan fingerprint density at radius 1 is 0.714 bits per heavy atom. The molecule has 0 aromatic heterocycles. The van der Waals surface area contributed by atoms with Gasteiger partial charge in [-0.15, -0.1) is 0 Å². The van der Waals surface area contributed by atoms with E-state index in [0.717, 1.165) is 21.6 Å². The van der Waals surface area contributed by atoms with E-state index < -0.39 is 18.3 Å². The molecule has 0 unspecified atom stereocenters. The zero-order chi connectivity index (χ0) is 16.2. The first-order valence-electron chi connectivity index (χ1n) is 6.48. The van der Waals surface area contributed by atoms with Crippen molar-refractivity contribution < 1.29 is 25.2 Å². The van der Waals surface area contributed by atoms with Crippen LogP contribution in [0.1, 0.15) is 26.7 Å². The molecular formula is C10H22O6S5. The minimum Gasteiger partial charge on any atom is -0.262 e. The first kappa shape index (κ1) is 21.9. The van der Waals surface area contributed by atoms with Gasteiger partial charge in [-0.05, 0) is 34.4 Å². The molecule has 21 heavy (non-hydrogen) atoms. The second kappa shape index (κ2) is 12.3. The lowest BCUT2D eigenvalue weighted by Gasteiger charge is -2.04. The van der Waals surface area contributed by atoms with E-state index in [-0.39, 0.29) is 13.2 Å². The minimum absolute atomic E-state index is 0.203. The van der Waals surface area contributed by atoms with Gasteiger partial charge in [0.1, 0.15) is 0 Å². The summed E-state index contributed by atoms with van der Waals surface area (Å²) in [5.41, 5.74) is 0. The third kappa shape index (κ3) is 14.2. The van der Waals surface area contributed by atoms with Crippen molar-refractivity contribution >= 4 is 51.6 Å². The summed E-state index contributed by atoms with van der Waals surface area (Å²) in [6, 6.07) is 0. The molecule has 0 amide bonds. The Hall–Kier alpha value is 0.870. The smallest absolute Gasteiger partial charge is 0.262 e. The van der Waals surface area contributed by atoms with Crippen LogP contribution < -0.4 is 0 Å². The van der Waals surface area contributed by atoms with Crippen molar-refractivity contribution in [2.75, 3.05) is 36.2 Å². The molecule has 0 saturated heterocycles. The fraction of sp³-hybridized carbons (Fsp3) is 1.00. The van der Waals surface area contributed by atoms with E-state index in [2.05, 4.69) is 0 Å². The largest absolute Gasteiger partial charge is 0.322 e. The Morgan fingerprint density at radius 3 is 1.43 bits per heavy atom. The van der Waals surface area contributed by atoms with Crippen LogP contribution in [0, 0.1) is 0 Å². The fourth-order valence-corrected chi connectivity index (χ4v) is 7.17. The van der Waals surface area contributed by atoms with Crippen molar-refractivity contribution in [2.45, 2.75) is 26.7 Å². The molecule has 0 radical (unpaired) electrons. The number of thioether (sulfide) groups is 1. The number of rotatable bonds is 14. The monoisotopic (exact) mass is 398 g/mol. The third-order valence-corrected chi connectivity index (χ3v) is 8.82. The van der Waals surface area contributed by atoms with Crippen LogP contribution in [-0.4, -0.2) is 53.1 Å². The van der Waals surface area contributed by atoms with Crippen LogP contribution in [0.25, 0.3) is 0 Å². The molecule has 128 valence electrons. The predicted molar refractivity (Wildman–Crippen MR) is 92.6 cm³/mol. The Balaban J connectivity index is 3.61. The summed E-state index contributed by atoms with van der Waals surface area (Å²) in [6.45, 7) is 4.08. The summed E-state index contributed by atoms with van der Waals surface area (Å²) in [6.07, 6.45) is 1.31. The minimum atomic E-state index is -3.49. The number of hydrogen-bond donors (Lipinski definition) is 0. The SMILES string of the molecule is CCCOS(=O)(=O)SCCSCCSS(=O)(=O)OCCC. The molecular weight excluding hydrogens is 376 g/mol. The Kier molecular flexibility index (Phi) is 12.8. The molecule has 0 N–H and O–H groups in total. The van der Waals surface area contributed by atoms with Crippen molar-refractivity contribution in [3.05, 3.63) is 0 Å². The maximum Gasteiger partial charge on any atom is 0.322 e. The van der Waals surface area contributed by atoms with Gasteiger partial charge in [0.25, 0.3) is 0 Å². The standard InChI is InChI=1S/C10H22O6S5/c1-3-5-15-20(11,12)18-9-7-17-8-10-19-21(13,14)16-6-4-2/h3-10H2,1-2H3. The zero-order valence-electron chi connectivity index (χ0n) is 12.1. The third-order valence-electron chi connectivity index (χ3n) is 1.77. The van der Waals surface area contributed by atoms with Crippen molar-refractivity contribution in [3.8, 4) is 0 Å². The predicted octanol–water partition coefficient (Wildman–Crippen LogP) is 2.53. The Labute approximate surface area is 139 Å². The van der Waals surface area contributed by atoms with Gasteiger partial charge >= 0.3 is 18.3 Å². The van der Waals surface area contributed by atoms with E-state index in [4.69, 9.17) is 8.37 Å². The lowest BCUT2D eigenvalue weighted by Crippen LogP contribution is -2.04. The maximum absolute atomic E-state index is 11.3. The molecule has 0 bridgehead atoms. The van der Waals surface area contributed by atoms with E-state index in [0.29, 0.717) is 35.9 Å². The highest BCUT2D eigenvalue weighted by atomic mass is 33.2. The molecule has 0 rings (SSSR count). The maximum atomic E-state index is 11.3. The summed E-state index contributed by atoms with van der Waals surface area (Å²) in [5.74, 6) is 2.08. The first-order valence-corrected chi connectivity index (χ1v) is 13.5. The van der Waals surface area contributed by atoms with Crippen LogP contribution in [0.3, 0.4) is 0 Å². The molecule has 0 heterocycles. The molecule has 0 aliphatic rings. The Bertz CT molecular complexity index is 405. The van der Waals surface area contributed by atoms with Gasteiger partial charge in [0.15, 0.2) is 0 Å². The highest BCUT2D eigenvalue weighted by Gasteiger charge is 2.12. The molecule has 0 saturated carbocycles. The molecule has 0 aliphatic heterocycles. The lowest BCUT2D eigenvalue weighted by molar-refractivity contribution is 0.328. The number of hydrogen-bond acceptors (Lipinski definition) is 9. The van der Waals surface area contributed by atoms with E-state index in [1.165, 1.54) is 11.8 Å². The van der Waals surface area contributed by atoms with Crippen LogP contribution in [0.4, 0.5) is 0 Å². The molecule has 0 aliphatic carbocycles. The molecule has 0 aromatic rings. The Morgan fingerprint density at radius 2 is 1.10 bits per heavy atom. The molecule has 0 spiro atoms. The fourth-order valence-electron chi connectivity index (χ4n) is 0.931. The van der Waals surface area contributed by atoms with Gasteiger partial charge in [0, 0.05) is 23.0 Å². The molecule has 11 heteroatoms. The van der Waals surface area contributed by atoms with Crippen LogP contribution in [0.15, 0.2) is 0 Å². The molecule has 0 fully saturated rings. The summed E-state index contributed by atoms with van der Waals surface area (Å²) in [7, 11) is -5.43. The van der Waals surface area contributed by atoms with Gasteiger partial charge < -0.3 is 0 Å². The second-order valence-corrected chi connectivity index (χ2v) is 12.2. The average molecular weight is 399 g/mol. The summed E-state index contributed by atoms with van der Waals surface area (Å²) in [5, 5.41) is 0. The van der Waals surface area contributed by atoms with Crippen LogP contribution in [0.2, 0.25) is 0 Å². The van der Waals surface area contributed by atoms with Gasteiger partial charge in [-0.2, -0.15) is 28.6 Å².